The van der Waals surface area contributed by atoms with Crippen molar-refractivity contribution in [1.29, 1.82) is 0 Å². The molecule has 4 rings (SSSR count). The van der Waals surface area contributed by atoms with Crippen molar-refractivity contribution >= 4 is 44.7 Å². The summed E-state index contributed by atoms with van der Waals surface area (Å²) in [5.74, 6) is -0.265. The number of carbonyl (C=O) groups excluding carboxylic acids is 1. The number of ether oxygens (including phenoxy) is 1. The summed E-state index contributed by atoms with van der Waals surface area (Å²) >= 11 is 7.12. The van der Waals surface area contributed by atoms with Crippen molar-refractivity contribution in [3.05, 3.63) is 75.4 Å². The lowest BCUT2D eigenvalue weighted by atomic mass is 10.1. The zero-order chi connectivity index (χ0) is 22.7. The molecule has 0 atom stereocenters. The van der Waals surface area contributed by atoms with Gasteiger partial charge in [0.15, 0.2) is 0 Å². The number of benzene rings is 2. The molecule has 1 N–H and O–H groups in total. The van der Waals surface area contributed by atoms with Gasteiger partial charge in [-0.1, -0.05) is 30.7 Å². The lowest BCUT2D eigenvalue weighted by molar-refractivity contribution is -0.116. The van der Waals surface area contributed by atoms with Crippen molar-refractivity contribution in [1.82, 2.24) is 9.55 Å². The van der Waals surface area contributed by atoms with Crippen LogP contribution in [0.3, 0.4) is 0 Å². The summed E-state index contributed by atoms with van der Waals surface area (Å²) < 4.78 is 20.2. The molecule has 0 fully saturated rings. The van der Waals surface area contributed by atoms with Crippen LogP contribution in [-0.4, -0.2) is 22.1 Å². The number of rotatable bonds is 7. The van der Waals surface area contributed by atoms with Crippen LogP contribution in [0.4, 0.5) is 10.1 Å². The van der Waals surface area contributed by atoms with Crippen molar-refractivity contribution in [2.45, 2.75) is 19.9 Å². The summed E-state index contributed by atoms with van der Waals surface area (Å²) in [5, 5.41) is 4.84. The predicted octanol–water partition coefficient (Wildman–Crippen LogP) is 5.35. The molecule has 2 aromatic heterocycles. The number of hydrogen-bond donors (Lipinski definition) is 1. The van der Waals surface area contributed by atoms with Gasteiger partial charge in [0.1, 0.15) is 22.9 Å². The van der Waals surface area contributed by atoms with Gasteiger partial charge in [-0.05, 0) is 42.3 Å². The molecule has 2 heterocycles. The first kappa shape index (κ1) is 22.0. The van der Waals surface area contributed by atoms with Crippen LogP contribution in [0.25, 0.3) is 21.3 Å². The molecule has 4 aromatic rings. The SMILES string of the molecule is CCCOc1ccc(-c2csc3ncn(CC(=O)Nc4ccc(F)c(Cl)c4)c(=O)c23)cc1. The molecule has 0 bridgehead atoms. The number of nitrogens with one attached hydrogen (secondary N) is 1. The second-order valence-corrected chi connectivity index (χ2v) is 8.32. The van der Waals surface area contributed by atoms with Gasteiger partial charge >= 0.3 is 0 Å². The van der Waals surface area contributed by atoms with Gasteiger partial charge in [0, 0.05) is 16.6 Å². The molecule has 0 spiro atoms. The van der Waals surface area contributed by atoms with Gasteiger partial charge in [-0.15, -0.1) is 11.3 Å². The molecule has 0 aliphatic carbocycles. The van der Waals surface area contributed by atoms with E-state index in [1.54, 1.807) is 0 Å². The molecule has 0 aliphatic rings. The number of carbonyl (C=O) groups is 1. The summed E-state index contributed by atoms with van der Waals surface area (Å²) in [4.78, 5) is 30.5. The van der Waals surface area contributed by atoms with E-state index in [1.165, 1.54) is 34.4 Å². The van der Waals surface area contributed by atoms with E-state index in [0.29, 0.717) is 22.5 Å². The van der Waals surface area contributed by atoms with Crippen LogP contribution >= 0.6 is 22.9 Å². The number of hydrogen-bond acceptors (Lipinski definition) is 5. The third kappa shape index (κ3) is 4.66. The Morgan fingerprint density at radius 1 is 1.25 bits per heavy atom. The fourth-order valence-corrected chi connectivity index (χ4v) is 4.26. The smallest absolute Gasteiger partial charge is 0.263 e. The van der Waals surface area contributed by atoms with Gasteiger partial charge in [-0.25, -0.2) is 9.37 Å². The fourth-order valence-electron chi connectivity index (χ4n) is 3.17. The van der Waals surface area contributed by atoms with E-state index in [1.807, 2.05) is 36.6 Å². The van der Waals surface area contributed by atoms with E-state index >= 15 is 0 Å². The Hall–Kier alpha value is -3.23. The van der Waals surface area contributed by atoms with Gasteiger partial charge in [-0.3, -0.25) is 14.2 Å². The zero-order valence-electron chi connectivity index (χ0n) is 17.1. The van der Waals surface area contributed by atoms with Gasteiger partial charge in [-0.2, -0.15) is 0 Å². The normalized spacial score (nSPS) is 11.0. The topological polar surface area (TPSA) is 73.2 Å². The maximum absolute atomic E-state index is 13.3. The number of nitrogens with zero attached hydrogens (tertiary/aromatic N) is 2. The third-order valence-electron chi connectivity index (χ3n) is 4.72. The Bertz CT molecular complexity index is 1330. The lowest BCUT2D eigenvalue weighted by Gasteiger charge is -2.09. The van der Waals surface area contributed by atoms with Crippen LogP contribution in [0.2, 0.25) is 5.02 Å². The second-order valence-electron chi connectivity index (χ2n) is 7.06. The monoisotopic (exact) mass is 471 g/mol. The maximum Gasteiger partial charge on any atom is 0.263 e. The average Bonchev–Trinajstić information content (AvgIpc) is 3.22. The standard InChI is InChI=1S/C23H19ClFN3O3S/c1-2-9-31-16-6-3-14(4-7-16)17-12-32-22-21(17)23(30)28(13-26-22)11-20(29)27-15-5-8-19(25)18(24)10-15/h3-8,10,12-13H,2,9,11H2,1H3,(H,27,29). The molecule has 0 aliphatic heterocycles. The molecule has 6 nitrogen and oxygen atoms in total. The first-order chi connectivity index (χ1) is 15.5. The van der Waals surface area contributed by atoms with E-state index in [-0.39, 0.29) is 17.1 Å². The van der Waals surface area contributed by atoms with Crippen LogP contribution in [-0.2, 0) is 11.3 Å². The maximum atomic E-state index is 13.3. The molecule has 0 saturated carbocycles. The van der Waals surface area contributed by atoms with Gasteiger partial charge < -0.3 is 10.1 Å². The van der Waals surface area contributed by atoms with Crippen molar-refractivity contribution in [3.63, 3.8) is 0 Å². The van der Waals surface area contributed by atoms with Crippen LogP contribution in [0.15, 0.2) is 59.0 Å². The third-order valence-corrected chi connectivity index (χ3v) is 5.89. The van der Waals surface area contributed by atoms with Crippen molar-refractivity contribution < 1.29 is 13.9 Å². The molecule has 32 heavy (non-hydrogen) atoms. The number of aromatic nitrogens is 2. The van der Waals surface area contributed by atoms with E-state index in [4.69, 9.17) is 16.3 Å². The number of thiophene rings is 1. The molecule has 0 unspecified atom stereocenters. The highest BCUT2D eigenvalue weighted by atomic mass is 35.5. The predicted molar refractivity (Wildman–Crippen MR) is 125 cm³/mol. The van der Waals surface area contributed by atoms with E-state index < -0.39 is 11.7 Å². The second kappa shape index (κ2) is 9.50. The van der Waals surface area contributed by atoms with Crippen molar-refractivity contribution in [2.24, 2.45) is 0 Å². The first-order valence-electron chi connectivity index (χ1n) is 9.91. The van der Waals surface area contributed by atoms with Crippen molar-refractivity contribution in [2.75, 3.05) is 11.9 Å². The average molecular weight is 472 g/mol. The summed E-state index contributed by atoms with van der Waals surface area (Å²) in [6.07, 6.45) is 2.27. The van der Waals surface area contributed by atoms with Crippen LogP contribution in [0.5, 0.6) is 5.75 Å². The van der Waals surface area contributed by atoms with E-state index in [0.717, 1.165) is 29.4 Å². The lowest BCUT2D eigenvalue weighted by Crippen LogP contribution is -2.27. The molecular formula is C23H19ClFN3O3S. The van der Waals surface area contributed by atoms with Crippen molar-refractivity contribution in [3.8, 4) is 16.9 Å². The van der Waals surface area contributed by atoms with Crippen LogP contribution < -0.4 is 15.6 Å². The molecule has 9 heteroatoms. The van der Waals surface area contributed by atoms with E-state index in [2.05, 4.69) is 10.3 Å². The quantitative estimate of drug-likeness (QED) is 0.394. The summed E-state index contributed by atoms with van der Waals surface area (Å²) in [5.41, 5.74) is 1.64. The van der Waals surface area contributed by atoms with Gasteiger partial charge in [0.05, 0.1) is 23.3 Å². The highest BCUT2D eigenvalue weighted by Crippen LogP contribution is 2.31. The summed E-state index contributed by atoms with van der Waals surface area (Å²) in [6.45, 7) is 2.44. The van der Waals surface area contributed by atoms with Crippen LogP contribution in [0, 0.1) is 5.82 Å². The first-order valence-corrected chi connectivity index (χ1v) is 11.2. The Morgan fingerprint density at radius 3 is 2.75 bits per heavy atom. The fraction of sp³-hybridized carbons (Fsp3) is 0.174. The number of anilines is 1. The Labute approximate surface area is 192 Å². The minimum absolute atomic E-state index is 0.0999. The molecule has 0 radical (unpaired) electrons. The summed E-state index contributed by atoms with van der Waals surface area (Å²) in [6, 6.07) is 11.4. The number of halogens is 2. The Morgan fingerprint density at radius 2 is 2.03 bits per heavy atom. The minimum atomic E-state index is -0.578. The summed E-state index contributed by atoms with van der Waals surface area (Å²) in [7, 11) is 0. The Kier molecular flexibility index (Phi) is 6.53. The van der Waals surface area contributed by atoms with Crippen LogP contribution in [0.1, 0.15) is 13.3 Å². The van der Waals surface area contributed by atoms with E-state index in [9.17, 15) is 14.0 Å². The largest absolute Gasteiger partial charge is 0.494 e. The van der Waals surface area contributed by atoms with Gasteiger partial charge in [0.25, 0.3) is 5.56 Å². The highest BCUT2D eigenvalue weighted by Gasteiger charge is 2.15. The molecule has 0 saturated heterocycles. The zero-order valence-corrected chi connectivity index (χ0v) is 18.7. The Balaban J connectivity index is 1.59. The molecular weight excluding hydrogens is 453 g/mol. The molecule has 164 valence electrons. The number of amides is 1. The highest BCUT2D eigenvalue weighted by molar-refractivity contribution is 7.17. The minimum Gasteiger partial charge on any atom is -0.494 e. The molecule has 1 amide bonds. The number of fused-ring (bicyclic) bond motifs is 1. The molecule has 2 aromatic carbocycles. The van der Waals surface area contributed by atoms with Gasteiger partial charge in [0.2, 0.25) is 5.91 Å².